The Balaban J connectivity index is 1.59. The largest absolute Gasteiger partial charge is 0.391 e. The van der Waals surface area contributed by atoms with Crippen LogP contribution in [0.1, 0.15) is 23.3 Å². The number of hydrogen-bond acceptors (Lipinski definition) is 4. The molecular weight excluding hydrogens is 294 g/mol. The van der Waals surface area contributed by atoms with Crippen LogP contribution in [0.2, 0.25) is 5.02 Å². The highest BCUT2D eigenvalue weighted by molar-refractivity contribution is 6.33. The molecule has 3 N–H and O–H groups in total. The van der Waals surface area contributed by atoms with Crippen LogP contribution in [-0.4, -0.2) is 42.9 Å². The van der Waals surface area contributed by atoms with Crippen molar-refractivity contribution in [3.63, 3.8) is 0 Å². The summed E-state index contributed by atoms with van der Waals surface area (Å²) in [5.74, 6) is -0.0402. The molecule has 0 aromatic carbocycles. The van der Waals surface area contributed by atoms with Crippen LogP contribution in [-0.2, 0) is 6.54 Å². The lowest BCUT2D eigenvalue weighted by atomic mass is 10.1. The van der Waals surface area contributed by atoms with Crippen molar-refractivity contribution in [3.05, 3.63) is 35.6 Å². The maximum Gasteiger partial charge on any atom is 0.271 e. The number of H-pyrrole nitrogens is 1. The van der Waals surface area contributed by atoms with Crippen molar-refractivity contribution in [3.8, 4) is 0 Å². The molecule has 1 unspecified atom stereocenters. The van der Waals surface area contributed by atoms with Crippen molar-refractivity contribution in [2.24, 2.45) is 5.92 Å². The van der Waals surface area contributed by atoms with Crippen molar-refractivity contribution < 1.29 is 9.90 Å². The van der Waals surface area contributed by atoms with E-state index in [1.807, 2.05) is 10.8 Å². The number of aliphatic hydroxyl groups excluding tert-OH is 1. The summed E-state index contributed by atoms with van der Waals surface area (Å²) in [5, 5.41) is 19.5. The van der Waals surface area contributed by atoms with Gasteiger partial charge in [0.2, 0.25) is 0 Å². The number of imidazole rings is 1. The summed E-state index contributed by atoms with van der Waals surface area (Å²) >= 11 is 5.85. The molecule has 1 aliphatic carbocycles. The van der Waals surface area contributed by atoms with Gasteiger partial charge >= 0.3 is 0 Å². The Morgan fingerprint density at radius 1 is 1.57 bits per heavy atom. The van der Waals surface area contributed by atoms with Gasteiger partial charge in [-0.2, -0.15) is 5.10 Å². The van der Waals surface area contributed by atoms with Gasteiger partial charge in [0.1, 0.15) is 5.69 Å². The molecule has 0 spiro atoms. The van der Waals surface area contributed by atoms with E-state index in [0.29, 0.717) is 12.3 Å². The average molecular weight is 310 g/mol. The SMILES string of the molecule is O=C(N[C@@H]1CC(Cn2ccnc2)C[C@H]1O)c1[nH]ncc1Cl. The first-order valence-electron chi connectivity index (χ1n) is 6.77. The molecule has 0 bridgehead atoms. The molecule has 0 aliphatic heterocycles. The Morgan fingerprint density at radius 3 is 3.10 bits per heavy atom. The Bertz CT molecular complexity index is 612. The molecule has 7 nitrogen and oxygen atoms in total. The Labute approximate surface area is 126 Å². The zero-order chi connectivity index (χ0) is 14.8. The van der Waals surface area contributed by atoms with Gasteiger partial charge in [0, 0.05) is 18.9 Å². The van der Waals surface area contributed by atoms with Crippen molar-refractivity contribution in [1.82, 2.24) is 25.1 Å². The number of aliphatic hydroxyl groups is 1. The predicted octanol–water partition coefficient (Wildman–Crippen LogP) is 0.829. The van der Waals surface area contributed by atoms with Crippen molar-refractivity contribution >= 4 is 17.5 Å². The topological polar surface area (TPSA) is 95.8 Å². The number of nitrogens with zero attached hydrogens (tertiary/aromatic N) is 3. The minimum Gasteiger partial charge on any atom is -0.391 e. The van der Waals surface area contributed by atoms with E-state index < -0.39 is 6.10 Å². The fourth-order valence-electron chi connectivity index (χ4n) is 2.79. The van der Waals surface area contributed by atoms with E-state index in [0.717, 1.165) is 13.0 Å². The Morgan fingerprint density at radius 2 is 2.43 bits per heavy atom. The Hall–Kier alpha value is -1.86. The molecule has 1 aliphatic rings. The van der Waals surface area contributed by atoms with Gasteiger partial charge in [-0.15, -0.1) is 0 Å². The lowest BCUT2D eigenvalue weighted by molar-refractivity contribution is 0.0868. The monoisotopic (exact) mass is 309 g/mol. The third-order valence-electron chi connectivity index (χ3n) is 3.79. The van der Waals surface area contributed by atoms with E-state index in [9.17, 15) is 9.90 Å². The minimum atomic E-state index is -0.552. The number of hydrogen-bond donors (Lipinski definition) is 3. The quantitative estimate of drug-likeness (QED) is 0.779. The van der Waals surface area contributed by atoms with E-state index in [4.69, 9.17) is 11.6 Å². The number of carbonyl (C=O) groups is 1. The van der Waals surface area contributed by atoms with Gasteiger partial charge in [0.15, 0.2) is 0 Å². The highest BCUT2D eigenvalue weighted by Gasteiger charge is 2.34. The van der Waals surface area contributed by atoms with Crippen molar-refractivity contribution in [2.75, 3.05) is 0 Å². The molecule has 3 atom stereocenters. The predicted molar refractivity (Wildman–Crippen MR) is 75.8 cm³/mol. The van der Waals surface area contributed by atoms with Gasteiger partial charge in [-0.3, -0.25) is 9.89 Å². The van der Waals surface area contributed by atoms with Crippen LogP contribution in [0.5, 0.6) is 0 Å². The van der Waals surface area contributed by atoms with Gasteiger partial charge in [0.25, 0.3) is 5.91 Å². The third-order valence-corrected chi connectivity index (χ3v) is 4.08. The normalized spacial score (nSPS) is 25.1. The van der Waals surface area contributed by atoms with E-state index in [1.165, 1.54) is 6.20 Å². The molecular formula is C13H16ClN5O2. The smallest absolute Gasteiger partial charge is 0.271 e. The molecule has 1 fully saturated rings. The molecule has 8 heteroatoms. The maximum absolute atomic E-state index is 12.1. The second-order valence-corrected chi connectivity index (χ2v) is 5.74. The molecule has 3 rings (SSSR count). The van der Waals surface area contributed by atoms with Crippen LogP contribution < -0.4 is 5.32 Å². The second-order valence-electron chi connectivity index (χ2n) is 5.34. The van der Waals surface area contributed by atoms with Gasteiger partial charge < -0.3 is 15.0 Å². The fourth-order valence-corrected chi connectivity index (χ4v) is 2.96. The number of aromatic amines is 1. The van der Waals surface area contributed by atoms with E-state index in [-0.39, 0.29) is 22.7 Å². The molecule has 21 heavy (non-hydrogen) atoms. The van der Waals surface area contributed by atoms with Crippen LogP contribution in [0.15, 0.2) is 24.9 Å². The summed E-state index contributed by atoms with van der Waals surface area (Å²) in [6.45, 7) is 0.786. The zero-order valence-electron chi connectivity index (χ0n) is 11.2. The Kier molecular flexibility index (Phi) is 3.94. The molecule has 2 heterocycles. The lowest BCUT2D eigenvalue weighted by Crippen LogP contribution is -2.40. The van der Waals surface area contributed by atoms with Crippen molar-refractivity contribution in [2.45, 2.75) is 31.5 Å². The first-order valence-corrected chi connectivity index (χ1v) is 7.15. The number of aromatic nitrogens is 4. The number of rotatable bonds is 4. The average Bonchev–Trinajstić information content (AvgIpc) is 3.14. The van der Waals surface area contributed by atoms with Crippen LogP contribution in [0.4, 0.5) is 0 Å². The highest BCUT2D eigenvalue weighted by Crippen LogP contribution is 2.28. The molecule has 1 amide bonds. The van der Waals surface area contributed by atoms with E-state index in [1.54, 1.807) is 12.5 Å². The maximum atomic E-state index is 12.1. The van der Waals surface area contributed by atoms with Gasteiger partial charge in [-0.25, -0.2) is 4.98 Å². The molecule has 0 radical (unpaired) electrons. The summed E-state index contributed by atoms with van der Waals surface area (Å²) in [6, 6.07) is -0.273. The zero-order valence-corrected chi connectivity index (χ0v) is 12.0. The number of amides is 1. The minimum absolute atomic E-state index is 0.224. The summed E-state index contributed by atoms with van der Waals surface area (Å²) < 4.78 is 1.98. The van der Waals surface area contributed by atoms with Crippen LogP contribution in [0.25, 0.3) is 0 Å². The summed E-state index contributed by atoms with van der Waals surface area (Å²) in [4.78, 5) is 16.1. The first-order chi connectivity index (χ1) is 10.1. The van der Waals surface area contributed by atoms with E-state index >= 15 is 0 Å². The standard InChI is InChI=1S/C13H16ClN5O2/c14-9-5-16-18-12(9)13(21)17-10-3-8(4-11(10)20)6-19-2-1-15-7-19/h1-2,5,7-8,10-11,20H,3-4,6H2,(H,16,18)(H,17,21)/t8?,10-,11-/m1/s1. The summed E-state index contributed by atoms with van der Waals surface area (Å²) in [7, 11) is 0. The highest BCUT2D eigenvalue weighted by atomic mass is 35.5. The van der Waals surface area contributed by atoms with Crippen LogP contribution >= 0.6 is 11.6 Å². The lowest BCUT2D eigenvalue weighted by Gasteiger charge is -2.15. The number of nitrogens with one attached hydrogen (secondary N) is 2. The van der Waals surface area contributed by atoms with Crippen LogP contribution in [0.3, 0.4) is 0 Å². The molecule has 112 valence electrons. The summed E-state index contributed by atoms with van der Waals surface area (Å²) in [5.41, 5.74) is 0.224. The van der Waals surface area contributed by atoms with Gasteiger partial charge in [-0.1, -0.05) is 11.6 Å². The second kappa shape index (κ2) is 5.87. The molecule has 2 aromatic rings. The summed E-state index contributed by atoms with van der Waals surface area (Å²) in [6.07, 6.45) is 7.57. The van der Waals surface area contributed by atoms with Gasteiger partial charge in [-0.05, 0) is 18.8 Å². The van der Waals surface area contributed by atoms with E-state index in [2.05, 4.69) is 20.5 Å². The number of carbonyl (C=O) groups excluding carboxylic acids is 1. The third kappa shape index (κ3) is 3.08. The first kappa shape index (κ1) is 14.1. The number of halogens is 1. The molecule has 2 aromatic heterocycles. The molecule has 0 saturated heterocycles. The fraction of sp³-hybridized carbons (Fsp3) is 0.462. The van der Waals surface area contributed by atoms with Crippen molar-refractivity contribution in [1.29, 1.82) is 0 Å². The molecule has 1 saturated carbocycles. The van der Waals surface area contributed by atoms with Gasteiger partial charge in [0.05, 0.1) is 29.7 Å². The van der Waals surface area contributed by atoms with Crippen LogP contribution in [0, 0.1) is 5.92 Å².